The van der Waals surface area contributed by atoms with Gasteiger partial charge in [0.15, 0.2) is 0 Å². The van der Waals surface area contributed by atoms with Crippen molar-refractivity contribution in [3.8, 4) is 33.8 Å². The van der Waals surface area contributed by atoms with Gasteiger partial charge in [-0.05, 0) is 54.3 Å². The Hall–Kier alpha value is -4.85. The molecule has 41 heavy (non-hydrogen) atoms. The average Bonchev–Trinajstić information content (AvgIpc) is 3.61. The largest absolute Gasteiger partial charge is 0.358 e. The minimum absolute atomic E-state index is 0.285. The quantitative estimate of drug-likeness (QED) is 0.188. The number of benzene rings is 1. The predicted octanol–water partition coefficient (Wildman–Crippen LogP) is 8.27. The van der Waals surface area contributed by atoms with E-state index in [4.69, 9.17) is 4.98 Å². The number of hydrogen-bond acceptors (Lipinski definition) is 5. The van der Waals surface area contributed by atoms with Crippen molar-refractivity contribution in [2.45, 2.75) is 38.5 Å². The molecule has 1 aliphatic carbocycles. The molecule has 5 heterocycles. The summed E-state index contributed by atoms with van der Waals surface area (Å²) >= 11 is 0. The van der Waals surface area contributed by atoms with E-state index >= 15 is 0 Å². The molecule has 6 aromatic rings. The topological polar surface area (TPSA) is 95.2 Å². The van der Waals surface area contributed by atoms with Gasteiger partial charge in [0.25, 0.3) is 0 Å². The molecule has 0 unspecified atom stereocenters. The second-order valence-electron chi connectivity index (χ2n) is 10.9. The van der Waals surface area contributed by atoms with E-state index in [0.29, 0.717) is 11.6 Å². The highest BCUT2D eigenvalue weighted by atomic mass is 19.1. The summed E-state index contributed by atoms with van der Waals surface area (Å²) in [4.78, 5) is 17.3. The molecule has 0 aliphatic heterocycles. The number of H-pyrrole nitrogens is 2. The van der Waals surface area contributed by atoms with Crippen LogP contribution in [-0.4, -0.2) is 30.1 Å². The Labute approximate surface area is 237 Å². The summed E-state index contributed by atoms with van der Waals surface area (Å²) in [6, 6.07) is 14.6. The normalized spacial score (nSPS) is 14.1. The number of fused-ring (bicyclic) bond motifs is 2. The molecule has 0 atom stereocenters. The van der Waals surface area contributed by atoms with Crippen LogP contribution in [0.2, 0.25) is 0 Å². The first-order valence-corrected chi connectivity index (χ1v) is 14.1. The van der Waals surface area contributed by atoms with Crippen LogP contribution in [0.15, 0.2) is 85.6 Å². The molecular formula is C33H30FN7. The Morgan fingerprint density at radius 3 is 2.68 bits per heavy atom. The summed E-state index contributed by atoms with van der Waals surface area (Å²) in [7, 11) is 0. The van der Waals surface area contributed by atoms with Crippen LogP contribution in [-0.2, 0) is 0 Å². The smallest absolute Gasteiger partial charge is 0.135 e. The first kappa shape index (κ1) is 25.1. The molecule has 1 aliphatic rings. The van der Waals surface area contributed by atoms with Crippen LogP contribution in [0.25, 0.3) is 55.7 Å². The minimum atomic E-state index is -0.285. The van der Waals surface area contributed by atoms with E-state index in [1.165, 1.54) is 44.2 Å². The number of nitrogens with zero attached hydrogens (tertiary/aromatic N) is 4. The van der Waals surface area contributed by atoms with E-state index in [-0.39, 0.29) is 5.82 Å². The van der Waals surface area contributed by atoms with Crippen molar-refractivity contribution in [1.82, 2.24) is 30.1 Å². The van der Waals surface area contributed by atoms with Crippen molar-refractivity contribution in [3.63, 3.8) is 0 Å². The Kier molecular flexibility index (Phi) is 6.51. The van der Waals surface area contributed by atoms with Crippen molar-refractivity contribution in [3.05, 3.63) is 91.4 Å². The minimum Gasteiger partial charge on any atom is -0.358 e. The Bertz CT molecular complexity index is 1880. The van der Waals surface area contributed by atoms with Crippen LogP contribution in [0, 0.1) is 11.7 Å². The van der Waals surface area contributed by atoms with Gasteiger partial charge in [0.2, 0.25) is 0 Å². The number of rotatable bonds is 7. The maximum absolute atomic E-state index is 14.0. The summed E-state index contributed by atoms with van der Waals surface area (Å²) in [5, 5.41) is 12.1. The number of anilines is 1. The maximum Gasteiger partial charge on any atom is 0.135 e. The molecule has 3 N–H and O–H groups in total. The van der Waals surface area contributed by atoms with Crippen molar-refractivity contribution in [2.75, 3.05) is 5.32 Å². The lowest BCUT2D eigenvalue weighted by molar-refractivity contribution is 0.357. The SMILES string of the molecule is C=C(CC1CCCCC1)Nc1cncc(-c2ccc3[nH]nc(-c4cc5c(-c6cccc(F)c6)cncc5[nH]4)c3n2)c1. The fraction of sp³-hybridized carbons (Fsp3) is 0.212. The fourth-order valence-electron chi connectivity index (χ4n) is 5.96. The van der Waals surface area contributed by atoms with Gasteiger partial charge in [-0.2, -0.15) is 5.10 Å². The van der Waals surface area contributed by atoms with Gasteiger partial charge < -0.3 is 10.3 Å². The lowest BCUT2D eigenvalue weighted by Gasteiger charge is -2.22. The molecule has 0 bridgehead atoms. The van der Waals surface area contributed by atoms with Crippen LogP contribution in [0.5, 0.6) is 0 Å². The van der Waals surface area contributed by atoms with E-state index in [0.717, 1.165) is 67.8 Å². The molecule has 1 fully saturated rings. The Morgan fingerprint density at radius 1 is 0.927 bits per heavy atom. The number of nitrogens with one attached hydrogen (secondary N) is 3. The molecule has 1 saturated carbocycles. The van der Waals surface area contributed by atoms with E-state index in [2.05, 4.69) is 43.1 Å². The zero-order valence-electron chi connectivity index (χ0n) is 22.6. The molecule has 5 aromatic heterocycles. The number of pyridine rings is 3. The first-order valence-electron chi connectivity index (χ1n) is 14.1. The molecule has 0 saturated heterocycles. The van der Waals surface area contributed by atoms with Crippen molar-refractivity contribution in [2.24, 2.45) is 5.92 Å². The summed E-state index contributed by atoms with van der Waals surface area (Å²) in [5.41, 5.74) is 9.17. The zero-order chi connectivity index (χ0) is 27.8. The molecule has 0 spiro atoms. The average molecular weight is 544 g/mol. The highest BCUT2D eigenvalue weighted by Crippen LogP contribution is 2.34. The van der Waals surface area contributed by atoms with E-state index in [1.807, 2.05) is 36.7 Å². The van der Waals surface area contributed by atoms with Gasteiger partial charge in [-0.3, -0.25) is 15.1 Å². The summed E-state index contributed by atoms with van der Waals surface area (Å²) in [6.45, 7) is 4.28. The van der Waals surface area contributed by atoms with Crippen LogP contribution in [0.1, 0.15) is 38.5 Å². The zero-order valence-corrected chi connectivity index (χ0v) is 22.6. The highest BCUT2D eigenvalue weighted by Gasteiger charge is 2.17. The van der Waals surface area contributed by atoms with E-state index in [1.54, 1.807) is 18.5 Å². The third kappa shape index (κ3) is 5.09. The highest BCUT2D eigenvalue weighted by molar-refractivity contribution is 6.00. The molecule has 1 aromatic carbocycles. The molecular weight excluding hydrogens is 513 g/mol. The number of hydrogen-bond donors (Lipinski definition) is 3. The molecule has 0 radical (unpaired) electrons. The second-order valence-corrected chi connectivity index (χ2v) is 10.9. The summed E-state index contributed by atoms with van der Waals surface area (Å²) in [6.07, 6.45) is 14.7. The van der Waals surface area contributed by atoms with Crippen LogP contribution in [0.4, 0.5) is 10.1 Å². The van der Waals surface area contributed by atoms with Gasteiger partial charge in [-0.25, -0.2) is 9.37 Å². The van der Waals surface area contributed by atoms with Crippen molar-refractivity contribution >= 4 is 27.6 Å². The second kappa shape index (κ2) is 10.6. The van der Waals surface area contributed by atoms with Crippen LogP contribution < -0.4 is 5.32 Å². The third-order valence-corrected chi connectivity index (χ3v) is 7.96. The lowest BCUT2D eigenvalue weighted by atomic mass is 9.86. The number of aromatic amines is 2. The van der Waals surface area contributed by atoms with Gasteiger partial charge in [0.05, 0.1) is 40.5 Å². The standard InChI is InChI=1S/C33H30FN7/c1-20(12-21-6-3-2-4-7-21)37-25-14-23(16-35-17-25)28-10-11-29-32(39-28)33(41-40-29)30-15-26-27(18-36-19-31(26)38-30)22-8-5-9-24(34)13-22/h5,8-11,13-19,21,37-38H,1-4,6-7,12H2,(H,40,41). The van der Waals surface area contributed by atoms with Crippen LogP contribution >= 0.6 is 0 Å². The Balaban J connectivity index is 1.19. The fourth-order valence-corrected chi connectivity index (χ4v) is 5.96. The predicted molar refractivity (Wildman–Crippen MR) is 162 cm³/mol. The number of aromatic nitrogens is 6. The summed E-state index contributed by atoms with van der Waals surface area (Å²) < 4.78 is 14.0. The van der Waals surface area contributed by atoms with Gasteiger partial charge in [-0.15, -0.1) is 0 Å². The monoisotopic (exact) mass is 543 g/mol. The third-order valence-electron chi connectivity index (χ3n) is 7.96. The number of allylic oxidation sites excluding steroid dienone is 1. The summed E-state index contributed by atoms with van der Waals surface area (Å²) in [5.74, 6) is 0.432. The molecule has 204 valence electrons. The molecule has 0 amide bonds. The lowest BCUT2D eigenvalue weighted by Crippen LogP contribution is -2.10. The van der Waals surface area contributed by atoms with Gasteiger partial charge in [0, 0.05) is 34.6 Å². The van der Waals surface area contributed by atoms with Crippen LogP contribution in [0.3, 0.4) is 0 Å². The van der Waals surface area contributed by atoms with Crippen molar-refractivity contribution < 1.29 is 4.39 Å². The van der Waals surface area contributed by atoms with E-state index < -0.39 is 0 Å². The van der Waals surface area contributed by atoms with Crippen molar-refractivity contribution in [1.29, 1.82) is 0 Å². The van der Waals surface area contributed by atoms with Gasteiger partial charge in [-0.1, -0.05) is 50.8 Å². The Morgan fingerprint density at radius 2 is 1.80 bits per heavy atom. The molecule has 7 rings (SSSR count). The van der Waals surface area contributed by atoms with E-state index in [9.17, 15) is 4.39 Å². The molecule has 7 nitrogen and oxygen atoms in total. The van der Waals surface area contributed by atoms with Gasteiger partial charge >= 0.3 is 0 Å². The number of halogens is 1. The van der Waals surface area contributed by atoms with Gasteiger partial charge in [0.1, 0.15) is 17.0 Å². The molecule has 8 heteroatoms. The maximum atomic E-state index is 14.0. The first-order chi connectivity index (χ1) is 20.1.